The van der Waals surface area contributed by atoms with Gasteiger partial charge in [-0.25, -0.2) is 0 Å². The van der Waals surface area contributed by atoms with Crippen molar-refractivity contribution in [1.29, 1.82) is 5.26 Å². The molecule has 3 nitrogen and oxygen atoms in total. The number of nitrogens with two attached hydrogens (primary N) is 1. The summed E-state index contributed by atoms with van der Waals surface area (Å²) in [4.78, 5) is 10.9. The van der Waals surface area contributed by atoms with Crippen molar-refractivity contribution in [2.75, 3.05) is 0 Å². The van der Waals surface area contributed by atoms with Crippen molar-refractivity contribution in [3.63, 3.8) is 0 Å². The van der Waals surface area contributed by atoms with Crippen LogP contribution in [0.25, 0.3) is 0 Å². The quantitative estimate of drug-likeness (QED) is 0.776. The van der Waals surface area contributed by atoms with E-state index < -0.39 is 5.91 Å². The molecule has 0 spiro atoms. The lowest BCUT2D eigenvalue weighted by atomic mass is 10.1. The van der Waals surface area contributed by atoms with Crippen molar-refractivity contribution in [3.8, 4) is 6.07 Å². The molecule has 66 valence electrons. The molecule has 0 aliphatic heterocycles. The van der Waals surface area contributed by atoms with Gasteiger partial charge in [0, 0.05) is 10.6 Å². The molecule has 1 aromatic rings. The van der Waals surface area contributed by atoms with E-state index in [0.717, 1.165) is 0 Å². The summed E-state index contributed by atoms with van der Waals surface area (Å²) >= 11 is 5.67. The average Bonchev–Trinajstić information content (AvgIpc) is 2.08. The van der Waals surface area contributed by atoms with Crippen LogP contribution in [0.2, 0.25) is 5.02 Å². The molecule has 1 amide bonds. The lowest BCUT2D eigenvalue weighted by molar-refractivity contribution is 0.0999. The second kappa shape index (κ2) is 3.92. The molecule has 0 aliphatic carbocycles. The molecule has 0 bridgehead atoms. The maximum Gasteiger partial charge on any atom is 0.249 e. The van der Waals surface area contributed by atoms with Crippen molar-refractivity contribution in [2.24, 2.45) is 5.73 Å². The Morgan fingerprint density at radius 1 is 1.62 bits per heavy atom. The Bertz CT molecular complexity index is 382. The second-order valence-electron chi connectivity index (χ2n) is 2.50. The summed E-state index contributed by atoms with van der Waals surface area (Å²) in [6.45, 7) is 0. The molecule has 0 aliphatic rings. The molecule has 2 N–H and O–H groups in total. The summed E-state index contributed by atoms with van der Waals surface area (Å²) in [6.07, 6.45) is 0.162. The minimum absolute atomic E-state index is 0.162. The van der Waals surface area contributed by atoms with Gasteiger partial charge in [-0.05, 0) is 17.7 Å². The fourth-order valence-electron chi connectivity index (χ4n) is 1.02. The Morgan fingerprint density at radius 3 is 2.85 bits per heavy atom. The summed E-state index contributed by atoms with van der Waals surface area (Å²) < 4.78 is 0. The fraction of sp³-hybridized carbons (Fsp3) is 0.111. The highest BCUT2D eigenvalue weighted by atomic mass is 35.5. The number of hydrogen-bond donors (Lipinski definition) is 1. The third kappa shape index (κ3) is 2.20. The molecule has 0 fully saturated rings. The van der Waals surface area contributed by atoms with Gasteiger partial charge >= 0.3 is 0 Å². The lowest BCUT2D eigenvalue weighted by Crippen LogP contribution is -2.13. The fourth-order valence-corrected chi connectivity index (χ4v) is 1.19. The molecule has 0 heterocycles. The number of carbonyl (C=O) groups is 1. The van der Waals surface area contributed by atoms with Gasteiger partial charge in [0.1, 0.15) is 0 Å². The highest BCUT2D eigenvalue weighted by Gasteiger charge is 2.07. The maximum atomic E-state index is 10.9. The van der Waals surface area contributed by atoms with E-state index in [1.807, 2.05) is 6.07 Å². The zero-order valence-corrected chi connectivity index (χ0v) is 7.51. The number of amides is 1. The molecule has 0 saturated heterocycles. The topological polar surface area (TPSA) is 66.9 Å². The van der Waals surface area contributed by atoms with Gasteiger partial charge in [0.05, 0.1) is 12.5 Å². The molecule has 0 unspecified atom stereocenters. The van der Waals surface area contributed by atoms with Gasteiger partial charge in [0.15, 0.2) is 0 Å². The van der Waals surface area contributed by atoms with Gasteiger partial charge in [0.2, 0.25) is 5.91 Å². The van der Waals surface area contributed by atoms with Crippen LogP contribution in [0, 0.1) is 11.3 Å². The van der Waals surface area contributed by atoms with E-state index in [-0.39, 0.29) is 6.42 Å². The number of primary amides is 1. The molecule has 1 rings (SSSR count). The van der Waals surface area contributed by atoms with Crippen LogP contribution in [0.4, 0.5) is 0 Å². The summed E-state index contributed by atoms with van der Waals surface area (Å²) in [5.74, 6) is -0.562. The first-order valence-corrected chi connectivity index (χ1v) is 3.98. The maximum absolute atomic E-state index is 10.9. The van der Waals surface area contributed by atoms with Gasteiger partial charge < -0.3 is 5.73 Å². The minimum Gasteiger partial charge on any atom is -0.366 e. The van der Waals surface area contributed by atoms with Crippen LogP contribution in [-0.4, -0.2) is 5.91 Å². The third-order valence-corrected chi connectivity index (χ3v) is 1.84. The number of halogens is 1. The number of hydrogen-bond acceptors (Lipinski definition) is 2. The largest absolute Gasteiger partial charge is 0.366 e. The number of rotatable bonds is 2. The number of nitriles is 1. The van der Waals surface area contributed by atoms with Crippen molar-refractivity contribution in [1.82, 2.24) is 0 Å². The number of benzene rings is 1. The van der Waals surface area contributed by atoms with Crippen molar-refractivity contribution < 1.29 is 4.79 Å². The molecule has 0 radical (unpaired) electrons. The van der Waals surface area contributed by atoms with E-state index in [1.165, 1.54) is 6.07 Å². The van der Waals surface area contributed by atoms with Crippen LogP contribution in [0.15, 0.2) is 18.2 Å². The molecular weight excluding hydrogens is 188 g/mol. The molecule has 13 heavy (non-hydrogen) atoms. The average molecular weight is 195 g/mol. The summed E-state index contributed by atoms with van der Waals surface area (Å²) in [7, 11) is 0. The highest BCUT2D eigenvalue weighted by Crippen LogP contribution is 2.15. The van der Waals surface area contributed by atoms with E-state index in [1.54, 1.807) is 12.1 Å². The van der Waals surface area contributed by atoms with Crippen LogP contribution >= 0.6 is 11.6 Å². The minimum atomic E-state index is -0.562. The monoisotopic (exact) mass is 194 g/mol. The zero-order chi connectivity index (χ0) is 9.84. The summed E-state index contributed by atoms with van der Waals surface area (Å²) in [6, 6.07) is 6.67. The third-order valence-electron chi connectivity index (χ3n) is 1.61. The Balaban J connectivity index is 3.20. The first-order chi connectivity index (χ1) is 6.15. The standard InChI is InChI=1S/C9H7ClN2O/c10-7-2-1-6(3-4-11)8(5-7)9(12)13/h1-2,5H,3H2,(H2,12,13). The van der Waals surface area contributed by atoms with E-state index in [0.29, 0.717) is 16.1 Å². The van der Waals surface area contributed by atoms with E-state index in [2.05, 4.69) is 0 Å². The van der Waals surface area contributed by atoms with Crippen molar-refractivity contribution >= 4 is 17.5 Å². The van der Waals surface area contributed by atoms with Crippen LogP contribution in [0.3, 0.4) is 0 Å². The van der Waals surface area contributed by atoms with Gasteiger partial charge in [0.25, 0.3) is 0 Å². The van der Waals surface area contributed by atoms with E-state index >= 15 is 0 Å². The first-order valence-electron chi connectivity index (χ1n) is 3.60. The normalized spacial score (nSPS) is 9.23. The summed E-state index contributed by atoms with van der Waals surface area (Å²) in [5, 5.41) is 8.90. The van der Waals surface area contributed by atoms with Crippen LogP contribution < -0.4 is 5.73 Å². The predicted molar refractivity (Wildman–Crippen MR) is 49.3 cm³/mol. The Hall–Kier alpha value is -1.53. The molecule has 0 saturated carbocycles. The predicted octanol–water partition coefficient (Wildman–Crippen LogP) is 1.50. The molecule has 4 heteroatoms. The molecule has 0 aromatic heterocycles. The first kappa shape index (κ1) is 9.56. The highest BCUT2D eigenvalue weighted by molar-refractivity contribution is 6.31. The van der Waals surface area contributed by atoms with E-state index in [9.17, 15) is 4.79 Å². The lowest BCUT2D eigenvalue weighted by Gasteiger charge is -2.02. The van der Waals surface area contributed by atoms with E-state index in [4.69, 9.17) is 22.6 Å². The van der Waals surface area contributed by atoms with Gasteiger partial charge in [-0.1, -0.05) is 17.7 Å². The van der Waals surface area contributed by atoms with Crippen LogP contribution in [-0.2, 0) is 6.42 Å². The van der Waals surface area contributed by atoms with Gasteiger partial charge in [-0.15, -0.1) is 0 Å². The second-order valence-corrected chi connectivity index (χ2v) is 2.94. The molecule has 0 atom stereocenters. The van der Waals surface area contributed by atoms with Crippen LogP contribution in [0.1, 0.15) is 15.9 Å². The van der Waals surface area contributed by atoms with Crippen molar-refractivity contribution in [3.05, 3.63) is 34.3 Å². The smallest absolute Gasteiger partial charge is 0.249 e. The Morgan fingerprint density at radius 2 is 2.31 bits per heavy atom. The molecular formula is C9H7ClN2O. The number of nitrogens with zero attached hydrogens (tertiary/aromatic N) is 1. The SMILES string of the molecule is N#CCc1ccc(Cl)cc1C(N)=O. The Kier molecular flexibility index (Phi) is 2.88. The van der Waals surface area contributed by atoms with Gasteiger partial charge in [-0.3, -0.25) is 4.79 Å². The van der Waals surface area contributed by atoms with Crippen LogP contribution in [0.5, 0.6) is 0 Å². The Labute approximate surface area is 80.7 Å². The number of carbonyl (C=O) groups excluding carboxylic acids is 1. The van der Waals surface area contributed by atoms with Gasteiger partial charge in [-0.2, -0.15) is 5.26 Å². The van der Waals surface area contributed by atoms with Crippen molar-refractivity contribution in [2.45, 2.75) is 6.42 Å². The summed E-state index contributed by atoms with van der Waals surface area (Å²) in [5.41, 5.74) is 6.03. The molecule has 1 aromatic carbocycles. The zero-order valence-electron chi connectivity index (χ0n) is 6.75.